The lowest BCUT2D eigenvalue weighted by molar-refractivity contribution is -0.383. The van der Waals surface area contributed by atoms with Crippen LogP contribution in [-0.4, -0.2) is 29.3 Å². The summed E-state index contributed by atoms with van der Waals surface area (Å²) in [6, 6.07) is 1.24. The van der Waals surface area contributed by atoms with Gasteiger partial charge in [0.1, 0.15) is 0 Å². The summed E-state index contributed by atoms with van der Waals surface area (Å²) in [5.74, 6) is -1.47. The number of nitro groups is 1. The van der Waals surface area contributed by atoms with Gasteiger partial charge in [-0.25, -0.2) is 0 Å². The molecule has 0 aliphatic carbocycles. The number of piperidine rings is 1. The van der Waals surface area contributed by atoms with E-state index in [1.54, 1.807) is 0 Å². The second kappa shape index (κ2) is 5.80. The van der Waals surface area contributed by atoms with Crippen LogP contribution >= 0.6 is 11.3 Å². The van der Waals surface area contributed by atoms with Crippen LogP contribution in [0.25, 0.3) is 0 Å². The van der Waals surface area contributed by atoms with Gasteiger partial charge in [-0.2, -0.15) is 13.2 Å². The second-order valence-electron chi connectivity index (χ2n) is 5.10. The van der Waals surface area contributed by atoms with Crippen molar-refractivity contribution in [1.29, 1.82) is 0 Å². The highest BCUT2D eigenvalue weighted by Gasteiger charge is 2.43. The molecule has 0 amide bonds. The van der Waals surface area contributed by atoms with Crippen LogP contribution in [0.5, 0.6) is 0 Å². The normalized spacial score (nSPS) is 21.4. The zero-order valence-corrected chi connectivity index (χ0v) is 12.1. The molecule has 0 radical (unpaired) electrons. The molecule has 1 unspecified atom stereocenters. The third-order valence-electron chi connectivity index (χ3n) is 3.49. The lowest BCUT2D eigenvalue weighted by Crippen LogP contribution is -2.41. The van der Waals surface area contributed by atoms with Crippen molar-refractivity contribution in [3.8, 4) is 0 Å². The number of aliphatic hydroxyl groups excluding tert-OH is 1. The van der Waals surface area contributed by atoms with Gasteiger partial charge in [-0.15, -0.1) is 11.3 Å². The SMILES string of the molecule is C[C@@H](O)c1cc([N+](=O)[O-])c(N2CCCC(C(F)(F)F)C2)s1. The fraction of sp³-hybridized carbons (Fsp3) is 0.667. The zero-order chi connectivity index (χ0) is 15.8. The highest BCUT2D eigenvalue weighted by molar-refractivity contribution is 7.16. The molecule has 1 aromatic heterocycles. The highest BCUT2D eigenvalue weighted by atomic mass is 32.1. The van der Waals surface area contributed by atoms with Gasteiger partial charge in [0, 0.05) is 24.0 Å². The molecule has 1 fully saturated rings. The molecule has 2 atom stereocenters. The molecule has 1 aliphatic heterocycles. The van der Waals surface area contributed by atoms with E-state index in [0.717, 1.165) is 11.3 Å². The summed E-state index contributed by atoms with van der Waals surface area (Å²) in [5, 5.41) is 20.8. The molecule has 21 heavy (non-hydrogen) atoms. The number of halogens is 3. The van der Waals surface area contributed by atoms with Crippen molar-refractivity contribution in [2.45, 2.75) is 32.0 Å². The summed E-state index contributed by atoms with van der Waals surface area (Å²) in [6.07, 6.45) is -4.80. The monoisotopic (exact) mass is 324 g/mol. The first-order valence-electron chi connectivity index (χ1n) is 6.48. The topological polar surface area (TPSA) is 66.6 Å². The van der Waals surface area contributed by atoms with E-state index in [-0.39, 0.29) is 23.7 Å². The number of aliphatic hydroxyl groups is 1. The van der Waals surface area contributed by atoms with Gasteiger partial charge in [0.25, 0.3) is 0 Å². The predicted molar refractivity (Wildman–Crippen MR) is 72.6 cm³/mol. The molecule has 118 valence electrons. The number of thiophene rings is 1. The van der Waals surface area contributed by atoms with Crippen molar-refractivity contribution in [2.75, 3.05) is 18.0 Å². The van der Waals surface area contributed by atoms with Crippen LogP contribution < -0.4 is 4.90 Å². The van der Waals surface area contributed by atoms with Crippen LogP contribution in [0.15, 0.2) is 6.07 Å². The van der Waals surface area contributed by atoms with Crippen LogP contribution in [0.1, 0.15) is 30.7 Å². The maximum atomic E-state index is 12.8. The van der Waals surface area contributed by atoms with Gasteiger partial charge in [-0.1, -0.05) is 0 Å². The first kappa shape index (κ1) is 16.0. The summed E-state index contributed by atoms with van der Waals surface area (Å²) >= 11 is 0.982. The fourth-order valence-corrected chi connectivity index (χ4v) is 3.48. The quantitative estimate of drug-likeness (QED) is 0.683. The van der Waals surface area contributed by atoms with E-state index in [2.05, 4.69) is 0 Å². The fourth-order valence-electron chi connectivity index (χ4n) is 2.38. The maximum Gasteiger partial charge on any atom is 0.393 e. The van der Waals surface area contributed by atoms with E-state index in [0.29, 0.717) is 17.8 Å². The predicted octanol–water partition coefficient (Wildman–Crippen LogP) is 3.49. The van der Waals surface area contributed by atoms with Crippen LogP contribution in [0, 0.1) is 16.0 Å². The van der Waals surface area contributed by atoms with Gasteiger partial charge in [0.2, 0.25) is 0 Å². The number of rotatable bonds is 3. The van der Waals surface area contributed by atoms with Gasteiger partial charge in [0.15, 0.2) is 5.00 Å². The average molecular weight is 324 g/mol. The Labute approximate surface area is 123 Å². The molecule has 1 saturated heterocycles. The zero-order valence-electron chi connectivity index (χ0n) is 11.3. The third kappa shape index (κ3) is 3.46. The maximum absolute atomic E-state index is 12.8. The summed E-state index contributed by atoms with van der Waals surface area (Å²) in [4.78, 5) is 12.2. The summed E-state index contributed by atoms with van der Waals surface area (Å²) < 4.78 is 38.5. The van der Waals surface area contributed by atoms with E-state index in [9.17, 15) is 28.4 Å². The molecule has 2 rings (SSSR count). The van der Waals surface area contributed by atoms with Crippen molar-refractivity contribution in [2.24, 2.45) is 5.92 Å². The minimum atomic E-state index is -4.29. The molecule has 0 saturated carbocycles. The molecular formula is C12H15F3N2O3S. The van der Waals surface area contributed by atoms with Gasteiger partial charge in [-0.05, 0) is 19.8 Å². The van der Waals surface area contributed by atoms with Crippen LogP contribution in [0.4, 0.5) is 23.9 Å². The van der Waals surface area contributed by atoms with Gasteiger partial charge in [0.05, 0.1) is 16.9 Å². The first-order chi connectivity index (χ1) is 9.70. The Hall–Kier alpha value is -1.35. The molecule has 1 N–H and O–H groups in total. The van der Waals surface area contributed by atoms with Gasteiger partial charge < -0.3 is 10.0 Å². The number of nitrogens with zero attached hydrogens (tertiary/aromatic N) is 2. The van der Waals surface area contributed by atoms with Crippen molar-refractivity contribution in [3.63, 3.8) is 0 Å². The van der Waals surface area contributed by atoms with Crippen molar-refractivity contribution in [1.82, 2.24) is 0 Å². The minimum absolute atomic E-state index is 0.0441. The van der Waals surface area contributed by atoms with Gasteiger partial charge in [-0.3, -0.25) is 10.1 Å². The largest absolute Gasteiger partial charge is 0.393 e. The van der Waals surface area contributed by atoms with E-state index in [4.69, 9.17) is 0 Å². The van der Waals surface area contributed by atoms with Crippen LogP contribution in [0.3, 0.4) is 0 Å². The van der Waals surface area contributed by atoms with E-state index in [1.807, 2.05) is 0 Å². The molecule has 0 spiro atoms. The Kier molecular flexibility index (Phi) is 4.43. The van der Waals surface area contributed by atoms with Crippen molar-refractivity contribution in [3.05, 3.63) is 21.1 Å². The third-order valence-corrected chi connectivity index (χ3v) is 4.85. The Morgan fingerprint density at radius 2 is 2.24 bits per heavy atom. The number of anilines is 1. The minimum Gasteiger partial charge on any atom is -0.388 e. The van der Waals surface area contributed by atoms with E-state index >= 15 is 0 Å². The van der Waals surface area contributed by atoms with Gasteiger partial charge >= 0.3 is 11.9 Å². The molecule has 2 heterocycles. The van der Waals surface area contributed by atoms with E-state index in [1.165, 1.54) is 17.9 Å². The molecule has 5 nitrogen and oxygen atoms in total. The molecule has 1 aromatic rings. The standard InChI is InChI=1S/C12H15F3N2O3S/c1-7(18)10-5-9(17(19)20)11(21-10)16-4-2-3-8(6-16)12(13,14)15/h5,7-8,18H,2-4,6H2,1H3/t7-,8?/m1/s1. The number of hydrogen-bond acceptors (Lipinski definition) is 5. The smallest absolute Gasteiger partial charge is 0.388 e. The lowest BCUT2D eigenvalue weighted by atomic mass is 9.98. The number of alkyl halides is 3. The summed E-state index contributed by atoms with van der Waals surface area (Å²) in [7, 11) is 0. The molecule has 0 bridgehead atoms. The lowest BCUT2D eigenvalue weighted by Gasteiger charge is -2.33. The van der Waals surface area contributed by atoms with E-state index < -0.39 is 23.1 Å². The first-order valence-corrected chi connectivity index (χ1v) is 7.29. The van der Waals surface area contributed by atoms with Crippen LogP contribution in [-0.2, 0) is 0 Å². The number of hydrogen-bond donors (Lipinski definition) is 1. The van der Waals surface area contributed by atoms with Crippen molar-refractivity contribution >= 4 is 22.0 Å². The Morgan fingerprint density at radius 3 is 2.76 bits per heavy atom. The molecule has 9 heteroatoms. The Morgan fingerprint density at radius 1 is 1.57 bits per heavy atom. The summed E-state index contributed by atoms with van der Waals surface area (Å²) in [5.41, 5.74) is -0.237. The Bertz CT molecular complexity index is 530. The highest BCUT2D eigenvalue weighted by Crippen LogP contribution is 2.43. The molecule has 1 aliphatic rings. The van der Waals surface area contributed by atoms with Crippen LogP contribution in [0.2, 0.25) is 0 Å². The average Bonchev–Trinajstić information content (AvgIpc) is 2.83. The molecular weight excluding hydrogens is 309 g/mol. The van der Waals surface area contributed by atoms with Crippen molar-refractivity contribution < 1.29 is 23.2 Å². The second-order valence-corrected chi connectivity index (χ2v) is 6.16. The Balaban J connectivity index is 2.30. The molecule has 0 aromatic carbocycles. The summed E-state index contributed by atoms with van der Waals surface area (Å²) in [6.45, 7) is 1.55.